The van der Waals surface area contributed by atoms with Gasteiger partial charge in [0.25, 0.3) is 0 Å². The fourth-order valence-corrected chi connectivity index (χ4v) is 9.95. The Morgan fingerprint density at radius 1 is 1.06 bits per heavy atom. The number of esters is 1. The molecule has 0 aromatic heterocycles. The van der Waals surface area contributed by atoms with Crippen molar-refractivity contribution in [3.63, 3.8) is 0 Å². The number of hydrogen-bond donors (Lipinski definition) is 1. The summed E-state index contributed by atoms with van der Waals surface area (Å²) in [5.41, 5.74) is 3.06. The van der Waals surface area contributed by atoms with Crippen LogP contribution < -0.4 is 5.32 Å². The molecule has 0 atom stereocenters. The molecule has 0 radical (unpaired) electrons. The van der Waals surface area contributed by atoms with Crippen LogP contribution in [0.1, 0.15) is 43.4 Å². The van der Waals surface area contributed by atoms with E-state index in [0.29, 0.717) is 23.0 Å². The average molecular weight is 446 g/mol. The van der Waals surface area contributed by atoms with Crippen LogP contribution in [0.4, 0.5) is 10.1 Å². The fraction of sp³-hybridized carbons (Fsp3) is 0.440. The molecule has 4 nitrogen and oxygen atoms in total. The summed E-state index contributed by atoms with van der Waals surface area (Å²) in [5, 5.41) is 2.63. The number of carbonyl (C=O) groups is 2. The molecule has 168 valence electrons. The third-order valence-corrected chi connectivity index (χ3v) is 13.4. The van der Waals surface area contributed by atoms with Gasteiger partial charge in [-0.2, -0.15) is 0 Å². The molecule has 31 heavy (non-hydrogen) atoms. The van der Waals surface area contributed by atoms with E-state index in [0.717, 1.165) is 30.7 Å². The zero-order valence-corrected chi connectivity index (χ0v) is 19.9. The summed E-state index contributed by atoms with van der Waals surface area (Å²) in [6.45, 7) is 8.06. The van der Waals surface area contributed by atoms with Gasteiger partial charge >= 0.3 is 185 Å². The molecule has 0 heterocycles. The van der Waals surface area contributed by atoms with E-state index in [1.165, 1.54) is 12.1 Å². The minimum atomic E-state index is -2.28. The van der Waals surface area contributed by atoms with Crippen molar-refractivity contribution >= 4 is 24.8 Å². The normalized spacial score (nSPS) is 15.3. The van der Waals surface area contributed by atoms with E-state index in [9.17, 15) is 14.0 Å². The number of amides is 1. The van der Waals surface area contributed by atoms with Crippen LogP contribution in [-0.4, -0.2) is 35.5 Å². The van der Waals surface area contributed by atoms with Crippen molar-refractivity contribution in [3.05, 3.63) is 65.0 Å². The molecule has 2 aromatic carbocycles. The van der Waals surface area contributed by atoms with E-state index in [1.807, 2.05) is 30.3 Å². The van der Waals surface area contributed by atoms with Gasteiger partial charge in [0.15, 0.2) is 0 Å². The van der Waals surface area contributed by atoms with Crippen LogP contribution in [0.2, 0.25) is 0 Å². The molecule has 1 saturated carbocycles. The van der Waals surface area contributed by atoms with Gasteiger partial charge in [-0.3, -0.25) is 0 Å². The Balaban J connectivity index is 1.76. The molecule has 0 unspecified atom stereocenters. The monoisotopic (exact) mass is 445 g/mol. The van der Waals surface area contributed by atoms with Crippen LogP contribution in [0.25, 0.3) is 0 Å². The first-order valence-corrected chi connectivity index (χ1v) is 13.7. The number of ether oxygens (including phenoxy) is 1. The van der Waals surface area contributed by atoms with Crippen molar-refractivity contribution in [3.8, 4) is 0 Å². The number of carbonyl (C=O) groups excluding carboxylic acids is 2. The standard InChI is InChI=1S/C25H33FNO3P/c1-5-31(6-2,17-22(28)30-16-20-10-8-7-9-11-20)25(12-13-25)24(29)27-23-18(3)14-21(26)15-19(23)4/h7-11,14-15,31H,5-6,12-13,16-17H2,1-4H3,(H,27,29). The van der Waals surface area contributed by atoms with E-state index in [1.54, 1.807) is 13.8 Å². The SMILES string of the molecule is CC[PH](CC)(CC(=O)OCc1ccccc1)C1(C(=O)Nc2c(C)cc(F)cc2C)CC1. The molecular formula is C25H33FNO3P. The van der Waals surface area contributed by atoms with Crippen molar-refractivity contribution < 1.29 is 18.7 Å². The number of aryl methyl sites for hydroxylation is 2. The van der Waals surface area contributed by atoms with Crippen LogP contribution in [0.3, 0.4) is 0 Å². The van der Waals surface area contributed by atoms with Crippen LogP contribution in [0.5, 0.6) is 0 Å². The molecule has 0 bridgehead atoms. The number of nitrogens with one attached hydrogen (secondary N) is 1. The zero-order chi connectivity index (χ0) is 22.6. The molecule has 1 aliphatic carbocycles. The van der Waals surface area contributed by atoms with Gasteiger partial charge in [-0.25, -0.2) is 0 Å². The third kappa shape index (κ3) is 4.82. The Labute approximate surface area is 184 Å². The quantitative estimate of drug-likeness (QED) is 0.413. The first-order valence-electron chi connectivity index (χ1n) is 11.0. The summed E-state index contributed by atoms with van der Waals surface area (Å²) >= 11 is 0. The second-order valence-corrected chi connectivity index (χ2v) is 14.0. The molecular weight excluding hydrogens is 412 g/mol. The van der Waals surface area contributed by atoms with Gasteiger partial charge in [0.1, 0.15) is 0 Å². The van der Waals surface area contributed by atoms with E-state index < -0.39 is 12.4 Å². The molecule has 2 aromatic rings. The maximum atomic E-state index is 13.7. The summed E-state index contributed by atoms with van der Waals surface area (Å²) in [6, 6.07) is 12.5. The Bertz CT molecular complexity index is 929. The number of anilines is 1. The Morgan fingerprint density at radius 3 is 2.16 bits per heavy atom. The molecule has 1 fully saturated rings. The van der Waals surface area contributed by atoms with E-state index in [-0.39, 0.29) is 24.3 Å². The maximum absolute atomic E-state index is 13.7. The molecule has 0 aliphatic heterocycles. The number of benzene rings is 2. The van der Waals surface area contributed by atoms with Gasteiger partial charge in [-0.15, -0.1) is 0 Å². The molecule has 6 heteroatoms. The van der Waals surface area contributed by atoms with Gasteiger partial charge in [-0.05, 0) is 0 Å². The topological polar surface area (TPSA) is 55.4 Å². The molecule has 1 amide bonds. The van der Waals surface area contributed by atoms with Crippen LogP contribution in [0.15, 0.2) is 42.5 Å². The Kier molecular flexibility index (Phi) is 7.16. The molecule has 0 saturated heterocycles. The number of halogens is 1. The van der Waals surface area contributed by atoms with Crippen LogP contribution in [-0.2, 0) is 20.9 Å². The van der Waals surface area contributed by atoms with Crippen LogP contribution >= 0.6 is 7.26 Å². The van der Waals surface area contributed by atoms with Crippen molar-refractivity contribution in [1.29, 1.82) is 0 Å². The van der Waals surface area contributed by atoms with Crippen LogP contribution in [0, 0.1) is 19.7 Å². The molecule has 1 N–H and O–H groups in total. The summed E-state index contributed by atoms with van der Waals surface area (Å²) in [5.74, 6) is -0.537. The van der Waals surface area contributed by atoms with Gasteiger partial charge in [-0.1, -0.05) is 0 Å². The van der Waals surface area contributed by atoms with Gasteiger partial charge < -0.3 is 0 Å². The van der Waals surface area contributed by atoms with E-state index in [2.05, 4.69) is 19.2 Å². The molecule has 1 aliphatic rings. The molecule has 3 rings (SSSR count). The molecule has 0 spiro atoms. The minimum absolute atomic E-state index is 0.0171. The van der Waals surface area contributed by atoms with Crippen molar-refractivity contribution in [2.45, 2.75) is 52.3 Å². The van der Waals surface area contributed by atoms with Crippen molar-refractivity contribution in [1.82, 2.24) is 0 Å². The van der Waals surface area contributed by atoms with Crippen molar-refractivity contribution in [2.75, 3.05) is 23.8 Å². The Hall–Kier alpha value is -2.26. The van der Waals surface area contributed by atoms with Gasteiger partial charge in [0.05, 0.1) is 0 Å². The predicted molar refractivity (Wildman–Crippen MR) is 127 cm³/mol. The van der Waals surface area contributed by atoms with Crippen molar-refractivity contribution in [2.24, 2.45) is 0 Å². The second-order valence-electron chi connectivity index (χ2n) is 8.76. The first-order chi connectivity index (χ1) is 14.8. The average Bonchev–Trinajstić information content (AvgIpc) is 3.56. The van der Waals surface area contributed by atoms with E-state index in [4.69, 9.17) is 4.74 Å². The predicted octanol–water partition coefficient (Wildman–Crippen LogP) is 5.45. The summed E-state index contributed by atoms with van der Waals surface area (Å²) < 4.78 is 19.3. The first kappa shape index (κ1) is 23.4. The Morgan fingerprint density at radius 2 is 1.65 bits per heavy atom. The fourth-order valence-electron chi connectivity index (χ4n) is 4.88. The summed E-state index contributed by atoms with van der Waals surface area (Å²) in [6.07, 6.45) is 3.65. The summed E-state index contributed by atoms with van der Waals surface area (Å²) in [7, 11) is -2.28. The van der Waals surface area contributed by atoms with E-state index >= 15 is 0 Å². The third-order valence-electron chi connectivity index (χ3n) is 7.01. The van der Waals surface area contributed by atoms with Gasteiger partial charge in [0, 0.05) is 0 Å². The number of rotatable bonds is 9. The van der Waals surface area contributed by atoms with Gasteiger partial charge in [0.2, 0.25) is 0 Å². The zero-order valence-electron chi connectivity index (χ0n) is 18.9. The second kappa shape index (κ2) is 9.48. The summed E-state index contributed by atoms with van der Waals surface area (Å²) in [4.78, 5) is 26.3. The number of hydrogen-bond acceptors (Lipinski definition) is 3.